The number of ether oxygens (including phenoxy) is 1. The molecule has 0 heterocycles. The minimum absolute atomic E-state index is 0.452. The number of aliphatic hydroxyl groups is 1. The molecule has 19 heavy (non-hydrogen) atoms. The maximum atomic E-state index is 12.6. The first-order chi connectivity index (χ1) is 8.75. The van der Waals surface area contributed by atoms with E-state index in [-0.39, 0.29) is 0 Å². The van der Waals surface area contributed by atoms with E-state index in [1.807, 2.05) is 13.0 Å². The Hall–Kier alpha value is -1.14. The van der Waals surface area contributed by atoms with Crippen LogP contribution in [0.2, 0.25) is 0 Å². The lowest BCUT2D eigenvalue weighted by Crippen LogP contribution is -2.33. The van der Waals surface area contributed by atoms with Crippen LogP contribution in [0.1, 0.15) is 22.8 Å². The molecule has 0 saturated heterocycles. The van der Waals surface area contributed by atoms with Gasteiger partial charge in [-0.3, -0.25) is 0 Å². The van der Waals surface area contributed by atoms with Gasteiger partial charge in [0, 0.05) is 0 Å². The summed E-state index contributed by atoms with van der Waals surface area (Å²) in [5.41, 5.74) is 2.30. The summed E-state index contributed by atoms with van der Waals surface area (Å²) in [6.07, 6.45) is -4.89. The molecule has 1 unspecified atom stereocenters. The number of aliphatic hydroxyl groups excluding tert-OH is 1. The molecule has 1 aromatic rings. The van der Waals surface area contributed by atoms with E-state index in [4.69, 9.17) is 0 Å². The Morgan fingerprint density at radius 1 is 1.26 bits per heavy atom. The maximum Gasteiger partial charge on any atom is 0.330 e. The average molecular weight is 280 g/mol. The van der Waals surface area contributed by atoms with E-state index < -0.39 is 31.7 Å². The van der Waals surface area contributed by atoms with E-state index in [1.165, 1.54) is 0 Å². The predicted molar refractivity (Wildman–Crippen MR) is 62.6 cm³/mol. The van der Waals surface area contributed by atoms with Gasteiger partial charge in [0.15, 0.2) is 0 Å². The third-order valence-electron chi connectivity index (χ3n) is 2.90. The highest BCUT2D eigenvalue weighted by molar-refractivity contribution is 5.34. The molecule has 0 bridgehead atoms. The first-order valence-corrected chi connectivity index (χ1v) is 5.73. The van der Waals surface area contributed by atoms with Crippen LogP contribution in [0.5, 0.6) is 0 Å². The summed E-state index contributed by atoms with van der Waals surface area (Å²) in [5.74, 6) is -4.19. The molecule has 1 N–H and O–H groups in total. The van der Waals surface area contributed by atoms with Gasteiger partial charge in [-0.2, -0.15) is 8.78 Å². The molecule has 1 rings (SSSR count). The number of benzene rings is 1. The SMILES string of the molecule is Cc1cccc(C(O)COCC(F)(F)C(F)F)c1C. The van der Waals surface area contributed by atoms with Crippen molar-refractivity contribution in [2.45, 2.75) is 32.3 Å². The first kappa shape index (κ1) is 15.9. The molecule has 0 aliphatic carbocycles. The van der Waals surface area contributed by atoms with E-state index in [1.54, 1.807) is 19.1 Å². The lowest BCUT2D eigenvalue weighted by Gasteiger charge is -2.18. The predicted octanol–water partition coefficient (Wildman–Crippen LogP) is 3.25. The summed E-state index contributed by atoms with van der Waals surface area (Å²) in [4.78, 5) is 0. The van der Waals surface area contributed by atoms with Crippen molar-refractivity contribution in [3.05, 3.63) is 34.9 Å². The zero-order valence-corrected chi connectivity index (χ0v) is 10.7. The molecule has 1 aromatic carbocycles. The molecule has 0 aliphatic heterocycles. The molecule has 0 fully saturated rings. The van der Waals surface area contributed by atoms with E-state index in [0.29, 0.717) is 5.56 Å². The van der Waals surface area contributed by atoms with Crippen LogP contribution >= 0.6 is 0 Å². The Morgan fingerprint density at radius 3 is 2.47 bits per heavy atom. The largest absolute Gasteiger partial charge is 0.386 e. The molecule has 0 saturated carbocycles. The molecule has 0 aliphatic rings. The molecule has 1 atom stereocenters. The van der Waals surface area contributed by atoms with Gasteiger partial charge in [-0.25, -0.2) is 8.78 Å². The Morgan fingerprint density at radius 2 is 1.89 bits per heavy atom. The van der Waals surface area contributed by atoms with Crippen LogP contribution in [0.4, 0.5) is 17.6 Å². The van der Waals surface area contributed by atoms with Crippen molar-refractivity contribution in [3.63, 3.8) is 0 Å². The van der Waals surface area contributed by atoms with Crippen LogP contribution in [0.3, 0.4) is 0 Å². The normalized spacial score (nSPS) is 13.9. The number of rotatable bonds is 6. The zero-order valence-electron chi connectivity index (χ0n) is 10.7. The highest BCUT2D eigenvalue weighted by Gasteiger charge is 2.41. The van der Waals surface area contributed by atoms with Gasteiger partial charge in [0.1, 0.15) is 12.7 Å². The summed E-state index contributed by atoms with van der Waals surface area (Å²) >= 11 is 0. The van der Waals surface area contributed by atoms with Gasteiger partial charge >= 0.3 is 12.3 Å². The van der Waals surface area contributed by atoms with Crippen molar-refractivity contribution in [1.82, 2.24) is 0 Å². The van der Waals surface area contributed by atoms with Crippen LogP contribution in [0.15, 0.2) is 18.2 Å². The van der Waals surface area contributed by atoms with E-state index in [0.717, 1.165) is 11.1 Å². The Kier molecular flexibility index (Phi) is 5.31. The summed E-state index contributed by atoms with van der Waals surface area (Å²) < 4.78 is 53.4. The Balaban J connectivity index is 2.57. The van der Waals surface area contributed by atoms with Crippen molar-refractivity contribution in [3.8, 4) is 0 Å². The van der Waals surface area contributed by atoms with Crippen LogP contribution in [0.25, 0.3) is 0 Å². The third-order valence-corrected chi connectivity index (χ3v) is 2.90. The second-order valence-electron chi connectivity index (χ2n) is 4.38. The van der Waals surface area contributed by atoms with Gasteiger partial charge in [-0.15, -0.1) is 0 Å². The van der Waals surface area contributed by atoms with Gasteiger partial charge in [-0.1, -0.05) is 18.2 Å². The molecule has 0 amide bonds. The van der Waals surface area contributed by atoms with E-state index in [9.17, 15) is 22.7 Å². The lowest BCUT2D eigenvalue weighted by atomic mass is 10.00. The fourth-order valence-electron chi connectivity index (χ4n) is 1.59. The minimum atomic E-state index is -4.19. The van der Waals surface area contributed by atoms with Crippen molar-refractivity contribution >= 4 is 0 Å². The number of aryl methyl sites for hydroxylation is 1. The molecular formula is C13H16F4O2. The smallest absolute Gasteiger partial charge is 0.330 e. The van der Waals surface area contributed by atoms with Crippen molar-refractivity contribution in [2.24, 2.45) is 0 Å². The highest BCUT2D eigenvalue weighted by atomic mass is 19.3. The van der Waals surface area contributed by atoms with Crippen LogP contribution < -0.4 is 0 Å². The van der Waals surface area contributed by atoms with Gasteiger partial charge in [0.05, 0.1) is 6.61 Å². The molecule has 0 spiro atoms. The number of halogens is 4. The lowest BCUT2D eigenvalue weighted by molar-refractivity contribution is -0.170. The first-order valence-electron chi connectivity index (χ1n) is 5.73. The second-order valence-corrected chi connectivity index (χ2v) is 4.38. The fraction of sp³-hybridized carbons (Fsp3) is 0.538. The standard InChI is InChI=1S/C13H16F4O2/c1-8-4-3-5-10(9(8)2)11(18)6-19-7-13(16,17)12(14)15/h3-5,11-12,18H,6-7H2,1-2H3. The van der Waals surface area contributed by atoms with Crippen molar-refractivity contribution in [2.75, 3.05) is 13.2 Å². The van der Waals surface area contributed by atoms with Gasteiger partial charge in [0.25, 0.3) is 0 Å². The molecule has 0 aromatic heterocycles. The summed E-state index contributed by atoms with van der Waals surface area (Å²) in [5, 5.41) is 9.80. The summed E-state index contributed by atoms with van der Waals surface area (Å²) in [6, 6.07) is 5.20. The quantitative estimate of drug-likeness (QED) is 0.810. The summed E-state index contributed by atoms with van der Waals surface area (Å²) in [7, 11) is 0. The minimum Gasteiger partial charge on any atom is -0.386 e. The van der Waals surface area contributed by atoms with Gasteiger partial charge < -0.3 is 9.84 Å². The number of hydrogen-bond acceptors (Lipinski definition) is 2. The number of alkyl halides is 4. The third kappa shape index (κ3) is 4.18. The Labute approximate surface area is 109 Å². The van der Waals surface area contributed by atoms with E-state index >= 15 is 0 Å². The topological polar surface area (TPSA) is 29.5 Å². The highest BCUT2D eigenvalue weighted by Crippen LogP contribution is 2.25. The van der Waals surface area contributed by atoms with Crippen LogP contribution in [-0.2, 0) is 4.74 Å². The molecule has 0 radical (unpaired) electrons. The van der Waals surface area contributed by atoms with Crippen molar-refractivity contribution < 1.29 is 27.4 Å². The monoisotopic (exact) mass is 280 g/mol. The molecule has 2 nitrogen and oxygen atoms in total. The Bertz CT molecular complexity index is 421. The van der Waals surface area contributed by atoms with Crippen molar-refractivity contribution in [1.29, 1.82) is 0 Å². The molecular weight excluding hydrogens is 264 g/mol. The van der Waals surface area contributed by atoms with Crippen LogP contribution in [-0.4, -0.2) is 30.7 Å². The zero-order chi connectivity index (χ0) is 14.6. The number of hydrogen-bond donors (Lipinski definition) is 1. The second kappa shape index (κ2) is 6.34. The maximum absolute atomic E-state index is 12.6. The van der Waals surface area contributed by atoms with Gasteiger partial charge in [-0.05, 0) is 30.5 Å². The van der Waals surface area contributed by atoms with Gasteiger partial charge in [0.2, 0.25) is 0 Å². The average Bonchev–Trinajstić information content (AvgIpc) is 2.32. The van der Waals surface area contributed by atoms with Crippen LogP contribution in [0, 0.1) is 13.8 Å². The van der Waals surface area contributed by atoms with E-state index in [2.05, 4.69) is 4.74 Å². The molecule has 6 heteroatoms. The molecule has 108 valence electrons. The summed E-state index contributed by atoms with van der Waals surface area (Å²) in [6.45, 7) is 1.76. The fourth-order valence-corrected chi connectivity index (χ4v) is 1.59.